The number of hydrogen-bond donors (Lipinski definition) is 3. The van der Waals surface area contributed by atoms with E-state index in [0.29, 0.717) is 6.54 Å². The Morgan fingerprint density at radius 2 is 2.33 bits per heavy atom. The molecule has 0 saturated carbocycles. The summed E-state index contributed by atoms with van der Waals surface area (Å²) in [5.74, 6) is 1.07. The van der Waals surface area contributed by atoms with Crippen molar-refractivity contribution in [3.05, 3.63) is 22.4 Å². The van der Waals surface area contributed by atoms with Gasteiger partial charge in [-0.05, 0) is 17.9 Å². The standard InChI is InChI=1S/C12H14N2O3S/c1-2-4-10(11(15)16)14-12(17)13-7-6-9-5-3-8-18-9/h1,3,5,8,10H,4,6-7H2,(H,15,16)(H2,13,14,17). The number of carboxylic acids is 1. The van der Waals surface area contributed by atoms with E-state index in [1.165, 1.54) is 0 Å². The average molecular weight is 266 g/mol. The molecule has 96 valence electrons. The fourth-order valence-electron chi connectivity index (χ4n) is 1.28. The summed E-state index contributed by atoms with van der Waals surface area (Å²) >= 11 is 1.61. The topological polar surface area (TPSA) is 78.4 Å². The van der Waals surface area contributed by atoms with Crippen molar-refractivity contribution in [2.24, 2.45) is 0 Å². The van der Waals surface area contributed by atoms with Crippen LogP contribution in [0.3, 0.4) is 0 Å². The van der Waals surface area contributed by atoms with Crippen LogP contribution in [0.5, 0.6) is 0 Å². The summed E-state index contributed by atoms with van der Waals surface area (Å²) in [6.45, 7) is 0.453. The summed E-state index contributed by atoms with van der Waals surface area (Å²) in [4.78, 5) is 23.3. The van der Waals surface area contributed by atoms with Crippen LogP contribution in [0.15, 0.2) is 17.5 Å². The van der Waals surface area contributed by atoms with Crippen molar-refractivity contribution in [2.45, 2.75) is 18.9 Å². The minimum absolute atomic E-state index is 0.0340. The van der Waals surface area contributed by atoms with E-state index in [1.807, 2.05) is 17.5 Å². The van der Waals surface area contributed by atoms with Crippen LogP contribution in [0.2, 0.25) is 0 Å². The summed E-state index contributed by atoms with van der Waals surface area (Å²) in [5.41, 5.74) is 0. The van der Waals surface area contributed by atoms with Crippen molar-refractivity contribution in [1.29, 1.82) is 0 Å². The second-order valence-corrected chi connectivity index (χ2v) is 4.56. The number of terminal acetylenes is 1. The highest BCUT2D eigenvalue weighted by Crippen LogP contribution is 2.07. The largest absolute Gasteiger partial charge is 0.480 e. The molecule has 3 N–H and O–H groups in total. The van der Waals surface area contributed by atoms with Gasteiger partial charge in [-0.2, -0.15) is 0 Å². The minimum Gasteiger partial charge on any atom is -0.480 e. The first-order chi connectivity index (χ1) is 8.63. The first-order valence-corrected chi connectivity index (χ1v) is 6.24. The number of amides is 2. The lowest BCUT2D eigenvalue weighted by molar-refractivity contribution is -0.139. The number of thiophene rings is 1. The van der Waals surface area contributed by atoms with Crippen LogP contribution in [-0.4, -0.2) is 29.7 Å². The zero-order chi connectivity index (χ0) is 13.4. The second-order valence-electron chi connectivity index (χ2n) is 3.53. The Morgan fingerprint density at radius 3 is 2.89 bits per heavy atom. The van der Waals surface area contributed by atoms with Gasteiger partial charge in [-0.1, -0.05) is 6.07 Å². The normalized spacial score (nSPS) is 11.3. The Morgan fingerprint density at radius 1 is 1.56 bits per heavy atom. The van der Waals surface area contributed by atoms with E-state index in [4.69, 9.17) is 11.5 Å². The van der Waals surface area contributed by atoms with Crippen LogP contribution < -0.4 is 10.6 Å². The number of nitrogens with one attached hydrogen (secondary N) is 2. The SMILES string of the molecule is C#CCC(NC(=O)NCCc1cccs1)C(=O)O. The maximum Gasteiger partial charge on any atom is 0.327 e. The molecule has 0 aromatic carbocycles. The summed E-state index contributed by atoms with van der Waals surface area (Å²) < 4.78 is 0. The van der Waals surface area contributed by atoms with E-state index in [1.54, 1.807) is 11.3 Å². The third kappa shape index (κ3) is 4.89. The summed E-state index contributed by atoms with van der Waals surface area (Å²) in [7, 11) is 0. The molecule has 0 aliphatic rings. The van der Waals surface area contributed by atoms with Crippen molar-refractivity contribution in [1.82, 2.24) is 10.6 Å². The molecule has 5 nitrogen and oxygen atoms in total. The van der Waals surface area contributed by atoms with Gasteiger partial charge in [0.15, 0.2) is 0 Å². The molecule has 1 aromatic rings. The molecule has 0 saturated heterocycles. The van der Waals surface area contributed by atoms with Crippen molar-refractivity contribution >= 4 is 23.3 Å². The first-order valence-electron chi connectivity index (χ1n) is 5.36. The van der Waals surface area contributed by atoms with Crippen LogP contribution >= 0.6 is 11.3 Å². The molecule has 2 amide bonds. The van der Waals surface area contributed by atoms with Gasteiger partial charge in [0, 0.05) is 17.8 Å². The Balaban J connectivity index is 2.28. The summed E-state index contributed by atoms with van der Waals surface area (Å²) in [6.07, 6.45) is 5.71. The van der Waals surface area contributed by atoms with E-state index in [9.17, 15) is 9.59 Å². The fourth-order valence-corrected chi connectivity index (χ4v) is 1.99. The van der Waals surface area contributed by atoms with E-state index in [-0.39, 0.29) is 6.42 Å². The monoisotopic (exact) mass is 266 g/mol. The Labute approximate surface area is 109 Å². The van der Waals surface area contributed by atoms with Gasteiger partial charge in [0.1, 0.15) is 6.04 Å². The van der Waals surface area contributed by atoms with E-state index in [0.717, 1.165) is 11.3 Å². The molecule has 1 unspecified atom stereocenters. The first kappa shape index (κ1) is 14.1. The molecule has 6 heteroatoms. The van der Waals surface area contributed by atoms with Gasteiger partial charge in [-0.15, -0.1) is 23.7 Å². The Kier molecular flexibility index (Phi) is 5.74. The number of urea groups is 1. The van der Waals surface area contributed by atoms with Crippen molar-refractivity contribution in [2.75, 3.05) is 6.54 Å². The highest BCUT2D eigenvalue weighted by atomic mass is 32.1. The highest BCUT2D eigenvalue weighted by Gasteiger charge is 2.18. The lowest BCUT2D eigenvalue weighted by atomic mass is 10.2. The van der Waals surface area contributed by atoms with Gasteiger partial charge in [0.25, 0.3) is 0 Å². The summed E-state index contributed by atoms with van der Waals surface area (Å²) in [5, 5.41) is 15.7. The van der Waals surface area contributed by atoms with Gasteiger partial charge in [0.2, 0.25) is 0 Å². The minimum atomic E-state index is -1.14. The van der Waals surface area contributed by atoms with Gasteiger partial charge < -0.3 is 15.7 Å². The molecule has 0 aliphatic carbocycles. The van der Waals surface area contributed by atoms with Crippen molar-refractivity contribution < 1.29 is 14.7 Å². The third-order valence-electron chi connectivity index (χ3n) is 2.16. The summed E-state index contributed by atoms with van der Waals surface area (Å²) in [6, 6.07) is 2.35. The molecule has 1 atom stereocenters. The van der Waals surface area contributed by atoms with E-state index < -0.39 is 18.0 Å². The number of carbonyl (C=O) groups is 2. The number of carboxylic acid groups (broad SMARTS) is 1. The van der Waals surface area contributed by atoms with Crippen LogP contribution in [-0.2, 0) is 11.2 Å². The number of carbonyl (C=O) groups excluding carboxylic acids is 1. The molecular formula is C12H14N2O3S. The fraction of sp³-hybridized carbons (Fsp3) is 0.333. The highest BCUT2D eigenvalue weighted by molar-refractivity contribution is 7.09. The maximum absolute atomic E-state index is 11.4. The van der Waals surface area contributed by atoms with Gasteiger partial charge in [-0.3, -0.25) is 0 Å². The Bertz CT molecular complexity index is 437. The van der Waals surface area contributed by atoms with E-state index >= 15 is 0 Å². The molecule has 1 rings (SSSR count). The van der Waals surface area contributed by atoms with Gasteiger partial charge in [-0.25, -0.2) is 9.59 Å². The lowest BCUT2D eigenvalue weighted by Crippen LogP contribution is -2.46. The Hall–Kier alpha value is -2.00. The van der Waals surface area contributed by atoms with E-state index in [2.05, 4.69) is 16.6 Å². The van der Waals surface area contributed by atoms with Crippen LogP contribution in [0, 0.1) is 12.3 Å². The quantitative estimate of drug-likeness (QED) is 0.674. The van der Waals surface area contributed by atoms with Crippen molar-refractivity contribution in [3.63, 3.8) is 0 Å². The van der Waals surface area contributed by atoms with Crippen LogP contribution in [0.25, 0.3) is 0 Å². The molecule has 0 aliphatic heterocycles. The average Bonchev–Trinajstić information content (AvgIpc) is 2.81. The molecule has 0 radical (unpaired) electrons. The molecule has 1 heterocycles. The molecule has 18 heavy (non-hydrogen) atoms. The second kappa shape index (κ2) is 7.35. The van der Waals surface area contributed by atoms with Crippen molar-refractivity contribution in [3.8, 4) is 12.3 Å². The number of hydrogen-bond acceptors (Lipinski definition) is 3. The predicted molar refractivity (Wildman–Crippen MR) is 69.4 cm³/mol. The van der Waals surface area contributed by atoms with Crippen LogP contribution in [0.1, 0.15) is 11.3 Å². The van der Waals surface area contributed by atoms with Gasteiger partial charge in [0.05, 0.1) is 0 Å². The molecule has 0 fully saturated rings. The smallest absolute Gasteiger partial charge is 0.327 e. The zero-order valence-electron chi connectivity index (χ0n) is 9.68. The molecule has 1 aromatic heterocycles. The number of rotatable bonds is 6. The van der Waals surface area contributed by atoms with Crippen LogP contribution in [0.4, 0.5) is 4.79 Å². The third-order valence-corrected chi connectivity index (χ3v) is 3.10. The van der Waals surface area contributed by atoms with Gasteiger partial charge >= 0.3 is 12.0 Å². The number of aliphatic carboxylic acids is 1. The molecule has 0 spiro atoms. The zero-order valence-corrected chi connectivity index (χ0v) is 10.5. The molecule has 0 bridgehead atoms. The lowest BCUT2D eigenvalue weighted by Gasteiger charge is -2.12. The maximum atomic E-state index is 11.4. The predicted octanol–water partition coefficient (Wildman–Crippen LogP) is 1.07. The molecular weight excluding hydrogens is 252 g/mol.